The molecular weight excluding hydrogens is 262 g/mol. The van der Waals surface area contributed by atoms with Gasteiger partial charge in [0.05, 0.1) is 0 Å². The van der Waals surface area contributed by atoms with Crippen LogP contribution in [0.2, 0.25) is 0 Å². The second-order valence-electron chi connectivity index (χ2n) is 6.68. The fourth-order valence-electron chi connectivity index (χ4n) is 2.97. The Bertz CT molecular complexity index is 487. The van der Waals surface area contributed by atoms with Crippen molar-refractivity contribution in [3.05, 3.63) is 23.8 Å². The Hall–Kier alpha value is -1.26. The number of hydrogen-bond acceptors (Lipinski definition) is 4. The Morgan fingerprint density at radius 1 is 1.33 bits per heavy atom. The number of rotatable bonds is 4. The van der Waals surface area contributed by atoms with E-state index in [0.717, 1.165) is 37.4 Å². The van der Waals surface area contributed by atoms with Crippen LogP contribution in [-0.2, 0) is 0 Å². The lowest BCUT2D eigenvalue weighted by Gasteiger charge is -2.46. The molecule has 0 bridgehead atoms. The molecule has 1 heterocycles. The first-order chi connectivity index (χ1) is 9.85. The molecule has 0 radical (unpaired) electrons. The molecule has 4 nitrogen and oxygen atoms in total. The van der Waals surface area contributed by atoms with Gasteiger partial charge in [0.15, 0.2) is 0 Å². The summed E-state index contributed by atoms with van der Waals surface area (Å²) in [7, 11) is 2.18. The van der Waals surface area contributed by atoms with Crippen molar-refractivity contribution >= 4 is 5.69 Å². The number of nitrogens with zero attached hydrogens (tertiary/aromatic N) is 2. The SMILES string of the molecule is CCNC(C)c1ccc(N2CCN(C)C(C)(C)C2)cc1O. The molecular formula is C17H29N3O. The molecule has 1 saturated heterocycles. The van der Waals surface area contributed by atoms with Crippen LogP contribution in [0.5, 0.6) is 5.75 Å². The number of nitrogens with one attached hydrogen (secondary N) is 1. The minimum Gasteiger partial charge on any atom is -0.508 e. The molecule has 1 fully saturated rings. The molecule has 1 aliphatic heterocycles. The molecule has 0 spiro atoms. The van der Waals surface area contributed by atoms with Crippen LogP contribution in [0, 0.1) is 0 Å². The van der Waals surface area contributed by atoms with Crippen molar-refractivity contribution in [2.75, 3.05) is 38.1 Å². The smallest absolute Gasteiger partial charge is 0.122 e. The summed E-state index contributed by atoms with van der Waals surface area (Å²) < 4.78 is 0. The van der Waals surface area contributed by atoms with Gasteiger partial charge in [-0.25, -0.2) is 0 Å². The number of aromatic hydroxyl groups is 1. The van der Waals surface area contributed by atoms with Gasteiger partial charge in [-0.1, -0.05) is 13.0 Å². The van der Waals surface area contributed by atoms with Crippen LogP contribution < -0.4 is 10.2 Å². The first-order valence-corrected chi connectivity index (χ1v) is 7.87. The Morgan fingerprint density at radius 2 is 2.05 bits per heavy atom. The van der Waals surface area contributed by atoms with E-state index in [1.807, 2.05) is 12.1 Å². The van der Waals surface area contributed by atoms with E-state index < -0.39 is 0 Å². The highest BCUT2D eigenvalue weighted by Gasteiger charge is 2.31. The molecule has 0 aliphatic carbocycles. The van der Waals surface area contributed by atoms with Crippen molar-refractivity contribution in [3.63, 3.8) is 0 Å². The second-order valence-corrected chi connectivity index (χ2v) is 6.68. The normalized spacial score (nSPS) is 20.5. The number of piperazine rings is 1. The predicted molar refractivity (Wildman–Crippen MR) is 89.1 cm³/mol. The average Bonchev–Trinajstić information content (AvgIpc) is 2.41. The molecule has 0 aromatic heterocycles. The maximum atomic E-state index is 10.3. The summed E-state index contributed by atoms with van der Waals surface area (Å²) in [6.07, 6.45) is 0. The number of likely N-dealkylation sites (N-methyl/N-ethyl adjacent to an activating group) is 1. The monoisotopic (exact) mass is 291 g/mol. The third-order valence-corrected chi connectivity index (χ3v) is 4.67. The molecule has 1 aliphatic rings. The Balaban J connectivity index is 2.17. The van der Waals surface area contributed by atoms with Crippen LogP contribution in [0.4, 0.5) is 5.69 Å². The van der Waals surface area contributed by atoms with Gasteiger partial charge in [0, 0.05) is 48.5 Å². The van der Waals surface area contributed by atoms with Crippen molar-refractivity contribution in [2.45, 2.75) is 39.3 Å². The maximum Gasteiger partial charge on any atom is 0.122 e. The lowest BCUT2D eigenvalue weighted by Crippen LogP contribution is -2.57. The molecule has 0 saturated carbocycles. The number of phenols is 1. The minimum absolute atomic E-state index is 0.156. The van der Waals surface area contributed by atoms with Crippen LogP contribution in [0.15, 0.2) is 18.2 Å². The van der Waals surface area contributed by atoms with E-state index in [9.17, 15) is 5.11 Å². The van der Waals surface area contributed by atoms with Crippen molar-refractivity contribution in [2.24, 2.45) is 0 Å². The molecule has 21 heavy (non-hydrogen) atoms. The summed E-state index contributed by atoms with van der Waals surface area (Å²) in [5, 5.41) is 13.7. The zero-order valence-corrected chi connectivity index (χ0v) is 14.0. The molecule has 2 N–H and O–H groups in total. The highest BCUT2D eigenvalue weighted by atomic mass is 16.3. The lowest BCUT2D eigenvalue weighted by atomic mass is 9.98. The Labute approximate surface area is 128 Å². The fraction of sp³-hybridized carbons (Fsp3) is 0.647. The van der Waals surface area contributed by atoms with Crippen LogP contribution >= 0.6 is 0 Å². The molecule has 1 unspecified atom stereocenters. The van der Waals surface area contributed by atoms with Crippen molar-refractivity contribution < 1.29 is 5.11 Å². The zero-order valence-electron chi connectivity index (χ0n) is 14.0. The lowest BCUT2D eigenvalue weighted by molar-refractivity contribution is 0.139. The van der Waals surface area contributed by atoms with E-state index >= 15 is 0 Å². The third kappa shape index (κ3) is 3.50. The third-order valence-electron chi connectivity index (χ3n) is 4.67. The largest absolute Gasteiger partial charge is 0.508 e. The summed E-state index contributed by atoms with van der Waals surface area (Å²) in [6, 6.07) is 6.26. The van der Waals surface area contributed by atoms with E-state index in [0.29, 0.717) is 5.75 Å². The molecule has 1 aromatic carbocycles. The Kier molecular flexibility index (Phi) is 4.79. The first kappa shape index (κ1) is 16.1. The van der Waals surface area contributed by atoms with Gasteiger partial charge in [0.1, 0.15) is 5.75 Å². The van der Waals surface area contributed by atoms with Gasteiger partial charge < -0.3 is 15.3 Å². The van der Waals surface area contributed by atoms with Crippen molar-refractivity contribution in [1.29, 1.82) is 0 Å². The quantitative estimate of drug-likeness (QED) is 0.894. The number of hydrogen-bond donors (Lipinski definition) is 2. The first-order valence-electron chi connectivity index (χ1n) is 7.87. The van der Waals surface area contributed by atoms with E-state index in [2.05, 4.69) is 55.9 Å². The van der Waals surface area contributed by atoms with Gasteiger partial charge in [-0.3, -0.25) is 4.90 Å². The summed E-state index contributed by atoms with van der Waals surface area (Å²) in [6.45, 7) is 12.6. The van der Waals surface area contributed by atoms with Crippen LogP contribution in [0.3, 0.4) is 0 Å². The van der Waals surface area contributed by atoms with Crippen molar-refractivity contribution in [1.82, 2.24) is 10.2 Å². The van der Waals surface area contributed by atoms with Gasteiger partial charge in [-0.05, 0) is 40.4 Å². The molecule has 1 atom stereocenters. The maximum absolute atomic E-state index is 10.3. The van der Waals surface area contributed by atoms with E-state index in [-0.39, 0.29) is 11.6 Å². The van der Waals surface area contributed by atoms with Crippen LogP contribution in [-0.4, -0.2) is 48.8 Å². The Morgan fingerprint density at radius 3 is 2.62 bits per heavy atom. The molecule has 118 valence electrons. The van der Waals surface area contributed by atoms with Crippen LogP contribution in [0.1, 0.15) is 39.3 Å². The molecule has 1 aromatic rings. The predicted octanol–water partition coefficient (Wildman–Crippen LogP) is 2.59. The second kappa shape index (κ2) is 6.24. The zero-order chi connectivity index (χ0) is 15.6. The van der Waals surface area contributed by atoms with E-state index in [4.69, 9.17) is 0 Å². The topological polar surface area (TPSA) is 38.7 Å². The molecule has 0 amide bonds. The standard InChI is InChI=1S/C17H29N3O/c1-6-18-13(2)15-8-7-14(11-16(15)21)20-10-9-19(5)17(3,4)12-20/h7-8,11,13,18,21H,6,9-10,12H2,1-5H3. The summed E-state index contributed by atoms with van der Waals surface area (Å²) >= 11 is 0. The molecule has 2 rings (SSSR count). The van der Waals surface area contributed by atoms with Gasteiger partial charge >= 0.3 is 0 Å². The van der Waals surface area contributed by atoms with E-state index in [1.165, 1.54) is 0 Å². The number of benzene rings is 1. The van der Waals surface area contributed by atoms with E-state index in [1.54, 1.807) is 0 Å². The van der Waals surface area contributed by atoms with Gasteiger partial charge in [0.25, 0.3) is 0 Å². The fourth-order valence-corrected chi connectivity index (χ4v) is 2.97. The van der Waals surface area contributed by atoms with Gasteiger partial charge in [-0.2, -0.15) is 0 Å². The highest BCUT2D eigenvalue weighted by Crippen LogP contribution is 2.31. The van der Waals surface area contributed by atoms with Crippen LogP contribution in [0.25, 0.3) is 0 Å². The summed E-state index contributed by atoms with van der Waals surface area (Å²) in [5.74, 6) is 0.387. The van der Waals surface area contributed by atoms with Gasteiger partial charge in [0.2, 0.25) is 0 Å². The number of phenolic OH excluding ortho intramolecular Hbond substituents is 1. The summed E-state index contributed by atoms with van der Waals surface area (Å²) in [5.41, 5.74) is 2.24. The van der Waals surface area contributed by atoms with Crippen molar-refractivity contribution in [3.8, 4) is 5.75 Å². The highest BCUT2D eigenvalue weighted by molar-refractivity contribution is 5.54. The molecule has 4 heteroatoms. The summed E-state index contributed by atoms with van der Waals surface area (Å²) in [4.78, 5) is 4.76. The number of anilines is 1. The average molecular weight is 291 g/mol. The minimum atomic E-state index is 0.156. The van der Waals surface area contributed by atoms with Gasteiger partial charge in [-0.15, -0.1) is 0 Å².